The monoisotopic (exact) mass is 522 g/mol. The lowest BCUT2D eigenvalue weighted by atomic mass is 10.2. The number of anilines is 3. The molecule has 0 saturated heterocycles. The Morgan fingerprint density at radius 1 is 0.972 bits per heavy atom. The molecule has 0 aliphatic heterocycles. The van der Waals surface area contributed by atoms with Crippen LogP contribution in [0.4, 0.5) is 26.1 Å². The zero-order chi connectivity index (χ0) is 24.2. The van der Waals surface area contributed by atoms with E-state index in [0.29, 0.717) is 34.1 Å². The normalized spacial score (nSPS) is 10.3. The Kier molecular flexibility index (Phi) is 7.53. The van der Waals surface area contributed by atoms with Crippen LogP contribution in [-0.2, 0) is 6.61 Å². The molecule has 3 aromatic heterocycles. The van der Waals surface area contributed by atoms with Gasteiger partial charge in [0, 0.05) is 11.8 Å². The number of hydrogen-bond donors (Lipinski definition) is 2. The van der Waals surface area contributed by atoms with Crippen LogP contribution in [-0.4, -0.2) is 19.9 Å². The number of nitrogens with two attached hydrogens (primary N) is 1. The number of fused-ring (bicyclic) bond motifs is 1. The summed E-state index contributed by atoms with van der Waals surface area (Å²) in [5.74, 6) is 5.96. The van der Waals surface area contributed by atoms with Crippen molar-refractivity contribution >= 4 is 51.3 Å². The molecule has 5 aromatic rings. The van der Waals surface area contributed by atoms with Crippen molar-refractivity contribution in [3.8, 4) is 17.6 Å². The second-order valence-electron chi connectivity index (χ2n) is 7.31. The van der Waals surface area contributed by atoms with E-state index in [2.05, 4.69) is 37.1 Å². The second-order valence-corrected chi connectivity index (χ2v) is 8.36. The lowest BCUT2D eigenvalue weighted by molar-refractivity contribution is 0.290. The predicted molar refractivity (Wildman–Crippen MR) is 138 cm³/mol. The minimum atomic E-state index is -0.556. The molecule has 3 N–H and O–H groups in total. The second kappa shape index (κ2) is 10.9. The van der Waals surface area contributed by atoms with Gasteiger partial charge in [0.1, 0.15) is 30.3 Å². The molecule has 2 aromatic carbocycles. The summed E-state index contributed by atoms with van der Waals surface area (Å²) in [5.41, 5.74) is 7.83. The van der Waals surface area contributed by atoms with Crippen molar-refractivity contribution in [3.05, 3.63) is 95.0 Å². The van der Waals surface area contributed by atoms with E-state index in [1.165, 1.54) is 54.3 Å². The molecule has 11 heteroatoms. The zero-order valence-electron chi connectivity index (χ0n) is 18.4. The SMILES string of the molecule is Cl.Nc1cnc(C#Cc2cc3ncnc(Nc4ccc(OCc5cccc(F)c5)c(F)c4)c3s2)cn1. The van der Waals surface area contributed by atoms with Crippen LogP contribution < -0.4 is 15.8 Å². The van der Waals surface area contributed by atoms with Crippen molar-refractivity contribution in [2.75, 3.05) is 11.1 Å². The Labute approximate surface area is 214 Å². The summed E-state index contributed by atoms with van der Waals surface area (Å²) in [6.07, 6.45) is 4.37. The lowest BCUT2D eigenvalue weighted by Gasteiger charge is -2.10. The van der Waals surface area contributed by atoms with Gasteiger partial charge in [0.2, 0.25) is 0 Å². The van der Waals surface area contributed by atoms with Crippen LogP contribution in [0.3, 0.4) is 0 Å². The molecule has 7 nitrogen and oxygen atoms in total. The van der Waals surface area contributed by atoms with E-state index in [1.54, 1.807) is 18.2 Å². The van der Waals surface area contributed by atoms with Gasteiger partial charge in [-0.1, -0.05) is 12.1 Å². The van der Waals surface area contributed by atoms with Crippen molar-refractivity contribution in [1.82, 2.24) is 19.9 Å². The number of nitrogens with zero attached hydrogens (tertiary/aromatic N) is 4. The van der Waals surface area contributed by atoms with Crippen molar-refractivity contribution in [3.63, 3.8) is 0 Å². The van der Waals surface area contributed by atoms with Crippen LogP contribution in [0.15, 0.2) is 67.3 Å². The highest BCUT2D eigenvalue weighted by Gasteiger charge is 2.11. The highest BCUT2D eigenvalue weighted by Crippen LogP contribution is 2.31. The topological polar surface area (TPSA) is 98.8 Å². The number of thiophene rings is 1. The van der Waals surface area contributed by atoms with Crippen molar-refractivity contribution in [2.45, 2.75) is 6.61 Å². The molecular formula is C25H17ClF2N6OS. The molecule has 0 spiro atoms. The number of benzene rings is 2. The minimum absolute atomic E-state index is 0. The number of nitrogen functional groups attached to an aromatic ring is 1. The Hall–Kier alpha value is -4.33. The average Bonchev–Trinajstić information content (AvgIpc) is 3.28. The number of halogens is 3. The van der Waals surface area contributed by atoms with Gasteiger partial charge in [-0.3, -0.25) is 0 Å². The maximum Gasteiger partial charge on any atom is 0.167 e. The largest absolute Gasteiger partial charge is 0.486 e. The number of nitrogens with one attached hydrogen (secondary N) is 1. The standard InChI is InChI=1S/C25H16F2N6OS.ClH/c26-16-3-1-2-15(8-16)13-34-22-7-5-17(9-20(22)27)33-25-24-21(31-14-32-25)10-19(35-24)6-4-18-11-30-23(28)12-29-18;/h1-3,5,7-12,14H,13H2,(H2,28,30)(H,31,32,33);1H. The molecule has 0 aliphatic carbocycles. The molecule has 0 bridgehead atoms. The number of aromatic nitrogens is 4. The fourth-order valence-electron chi connectivity index (χ4n) is 3.15. The van der Waals surface area contributed by atoms with Gasteiger partial charge in [0.15, 0.2) is 17.4 Å². The summed E-state index contributed by atoms with van der Waals surface area (Å²) in [4.78, 5) is 17.4. The van der Waals surface area contributed by atoms with Crippen LogP contribution in [0.1, 0.15) is 16.1 Å². The summed E-state index contributed by atoms with van der Waals surface area (Å²) in [5, 5.41) is 3.12. The molecule has 0 unspecified atom stereocenters. The summed E-state index contributed by atoms with van der Waals surface area (Å²) in [7, 11) is 0. The minimum Gasteiger partial charge on any atom is -0.486 e. The van der Waals surface area contributed by atoms with Gasteiger partial charge in [-0.15, -0.1) is 23.7 Å². The molecule has 0 atom stereocenters. The molecule has 0 aliphatic rings. The fraction of sp³-hybridized carbons (Fsp3) is 0.0400. The number of rotatable bonds is 5. The van der Waals surface area contributed by atoms with E-state index in [1.807, 2.05) is 6.07 Å². The molecule has 3 heterocycles. The molecular weight excluding hydrogens is 506 g/mol. The Morgan fingerprint density at radius 2 is 1.86 bits per heavy atom. The van der Waals surface area contributed by atoms with Crippen LogP contribution >= 0.6 is 23.7 Å². The molecule has 0 amide bonds. The van der Waals surface area contributed by atoms with Crippen LogP contribution in [0.5, 0.6) is 5.75 Å². The third-order valence-corrected chi connectivity index (χ3v) is 5.82. The molecule has 36 heavy (non-hydrogen) atoms. The van der Waals surface area contributed by atoms with Crippen molar-refractivity contribution in [1.29, 1.82) is 0 Å². The van der Waals surface area contributed by atoms with E-state index in [4.69, 9.17) is 10.5 Å². The quantitative estimate of drug-likeness (QED) is 0.295. The van der Waals surface area contributed by atoms with Gasteiger partial charge in [0.05, 0.1) is 27.5 Å². The first kappa shape index (κ1) is 24.8. The van der Waals surface area contributed by atoms with Gasteiger partial charge in [-0.25, -0.2) is 28.7 Å². The maximum absolute atomic E-state index is 14.6. The van der Waals surface area contributed by atoms with Crippen LogP contribution in [0.2, 0.25) is 0 Å². The van der Waals surface area contributed by atoms with Gasteiger partial charge in [0.25, 0.3) is 0 Å². The highest BCUT2D eigenvalue weighted by atomic mass is 35.5. The van der Waals surface area contributed by atoms with Gasteiger partial charge >= 0.3 is 0 Å². The summed E-state index contributed by atoms with van der Waals surface area (Å²) >= 11 is 1.40. The van der Waals surface area contributed by atoms with E-state index in [0.717, 1.165) is 9.58 Å². The number of ether oxygens (including phenoxy) is 1. The van der Waals surface area contributed by atoms with Crippen LogP contribution in [0.25, 0.3) is 10.2 Å². The Morgan fingerprint density at radius 3 is 2.64 bits per heavy atom. The molecule has 0 saturated carbocycles. The summed E-state index contributed by atoms with van der Waals surface area (Å²) in [6, 6.07) is 12.3. The van der Waals surface area contributed by atoms with Gasteiger partial charge in [-0.05, 0) is 47.7 Å². The van der Waals surface area contributed by atoms with E-state index < -0.39 is 5.82 Å². The van der Waals surface area contributed by atoms with Crippen molar-refractivity contribution in [2.24, 2.45) is 0 Å². The molecule has 0 fully saturated rings. The summed E-state index contributed by atoms with van der Waals surface area (Å²) in [6.45, 7) is 0.0505. The van der Waals surface area contributed by atoms with E-state index in [9.17, 15) is 8.78 Å². The van der Waals surface area contributed by atoms with Gasteiger partial charge < -0.3 is 15.8 Å². The predicted octanol–water partition coefficient (Wildman–Crippen LogP) is 5.49. The smallest absolute Gasteiger partial charge is 0.167 e. The Balaban J connectivity index is 0.00000304. The third-order valence-electron chi connectivity index (χ3n) is 4.77. The van der Waals surface area contributed by atoms with E-state index >= 15 is 0 Å². The molecule has 0 radical (unpaired) electrons. The maximum atomic E-state index is 14.6. The Bertz CT molecular complexity index is 1580. The van der Waals surface area contributed by atoms with Crippen LogP contribution in [0, 0.1) is 23.5 Å². The summed E-state index contributed by atoms with van der Waals surface area (Å²) < 4.78 is 34.2. The highest BCUT2D eigenvalue weighted by molar-refractivity contribution is 7.20. The number of hydrogen-bond acceptors (Lipinski definition) is 8. The molecule has 180 valence electrons. The first-order chi connectivity index (χ1) is 17.0. The zero-order valence-corrected chi connectivity index (χ0v) is 20.0. The fourth-order valence-corrected chi connectivity index (χ4v) is 4.06. The average molecular weight is 523 g/mol. The van der Waals surface area contributed by atoms with Crippen molar-refractivity contribution < 1.29 is 13.5 Å². The third kappa shape index (κ3) is 5.83. The van der Waals surface area contributed by atoms with E-state index in [-0.39, 0.29) is 30.6 Å². The molecule has 5 rings (SSSR count). The first-order valence-electron chi connectivity index (χ1n) is 10.3. The first-order valence-corrected chi connectivity index (χ1v) is 11.1. The lowest BCUT2D eigenvalue weighted by Crippen LogP contribution is -1.99. The van der Waals surface area contributed by atoms with Gasteiger partial charge in [-0.2, -0.15) is 0 Å².